The number of ether oxygens (including phenoxy) is 1. The fourth-order valence-electron chi connectivity index (χ4n) is 2.67. The summed E-state index contributed by atoms with van der Waals surface area (Å²) in [6, 6.07) is 14.0. The Labute approximate surface area is 154 Å². The molecule has 2 atom stereocenters. The van der Waals surface area contributed by atoms with Gasteiger partial charge in [-0.1, -0.05) is 31.2 Å². The number of benzene rings is 2. The summed E-state index contributed by atoms with van der Waals surface area (Å²) in [5.74, 6) is 0.894. The van der Waals surface area contributed by atoms with Crippen LogP contribution in [0.3, 0.4) is 0 Å². The van der Waals surface area contributed by atoms with Crippen molar-refractivity contribution in [2.24, 2.45) is 0 Å². The lowest BCUT2D eigenvalue weighted by Crippen LogP contribution is -1.99. The van der Waals surface area contributed by atoms with Crippen LogP contribution in [0.1, 0.15) is 49.5 Å². The zero-order chi connectivity index (χ0) is 18.9. The SMILES string of the molecule is CCC(=C=CC[C@@H](O)c1cccc(O)c1)C[C@@H](O)c1ccc(OC)cc1. The fourth-order valence-corrected chi connectivity index (χ4v) is 2.67. The van der Waals surface area contributed by atoms with E-state index in [0.29, 0.717) is 18.4 Å². The molecule has 0 saturated heterocycles. The molecule has 0 aliphatic heterocycles. The van der Waals surface area contributed by atoms with E-state index in [-0.39, 0.29) is 5.75 Å². The summed E-state index contributed by atoms with van der Waals surface area (Å²) in [5.41, 5.74) is 5.67. The van der Waals surface area contributed by atoms with Gasteiger partial charge in [0.15, 0.2) is 0 Å². The van der Waals surface area contributed by atoms with Gasteiger partial charge >= 0.3 is 0 Å². The topological polar surface area (TPSA) is 69.9 Å². The van der Waals surface area contributed by atoms with Crippen molar-refractivity contribution in [2.75, 3.05) is 7.11 Å². The lowest BCUT2D eigenvalue weighted by Gasteiger charge is -2.12. The number of aliphatic hydroxyl groups excluding tert-OH is 2. The first-order valence-corrected chi connectivity index (χ1v) is 8.75. The number of hydrogen-bond acceptors (Lipinski definition) is 4. The first kappa shape index (κ1) is 19.8. The van der Waals surface area contributed by atoms with E-state index >= 15 is 0 Å². The molecule has 0 amide bonds. The molecule has 2 aromatic rings. The van der Waals surface area contributed by atoms with Gasteiger partial charge in [-0.05, 0) is 53.5 Å². The molecule has 2 aromatic carbocycles. The first-order valence-electron chi connectivity index (χ1n) is 8.75. The summed E-state index contributed by atoms with van der Waals surface area (Å²) in [6.07, 6.45) is 2.14. The molecule has 0 aliphatic carbocycles. The van der Waals surface area contributed by atoms with Crippen molar-refractivity contribution in [3.63, 3.8) is 0 Å². The van der Waals surface area contributed by atoms with Crippen LogP contribution in [-0.4, -0.2) is 22.4 Å². The molecule has 0 bridgehead atoms. The quantitative estimate of drug-likeness (QED) is 0.613. The second-order valence-electron chi connectivity index (χ2n) is 6.15. The minimum absolute atomic E-state index is 0.137. The third kappa shape index (κ3) is 5.78. The Kier molecular flexibility index (Phi) is 7.49. The maximum atomic E-state index is 10.4. The van der Waals surface area contributed by atoms with Crippen LogP contribution in [0, 0.1) is 0 Å². The van der Waals surface area contributed by atoms with Gasteiger partial charge < -0.3 is 20.1 Å². The molecule has 0 heterocycles. The molecule has 4 nitrogen and oxygen atoms in total. The zero-order valence-electron chi connectivity index (χ0n) is 15.2. The van der Waals surface area contributed by atoms with Crippen molar-refractivity contribution >= 4 is 0 Å². The molecule has 0 aliphatic rings. The van der Waals surface area contributed by atoms with Crippen LogP contribution in [0.5, 0.6) is 11.5 Å². The molecular weight excluding hydrogens is 328 g/mol. The predicted molar refractivity (Wildman–Crippen MR) is 102 cm³/mol. The number of methoxy groups -OCH3 is 1. The molecule has 0 fully saturated rings. The van der Waals surface area contributed by atoms with Gasteiger partial charge in [0.05, 0.1) is 19.3 Å². The van der Waals surface area contributed by atoms with E-state index in [4.69, 9.17) is 4.74 Å². The summed E-state index contributed by atoms with van der Waals surface area (Å²) in [7, 11) is 1.61. The third-order valence-corrected chi connectivity index (χ3v) is 4.27. The molecule has 0 saturated carbocycles. The molecule has 3 N–H and O–H groups in total. The highest BCUT2D eigenvalue weighted by atomic mass is 16.5. The van der Waals surface area contributed by atoms with Crippen molar-refractivity contribution in [2.45, 2.75) is 38.4 Å². The fraction of sp³-hybridized carbons (Fsp3) is 0.318. The van der Waals surface area contributed by atoms with Crippen LogP contribution < -0.4 is 4.74 Å². The number of aliphatic hydroxyl groups is 2. The van der Waals surface area contributed by atoms with Crippen LogP contribution in [0.15, 0.2) is 65.9 Å². The Morgan fingerprint density at radius 1 is 1.08 bits per heavy atom. The number of phenols is 1. The summed E-state index contributed by atoms with van der Waals surface area (Å²) in [5, 5.41) is 30.1. The van der Waals surface area contributed by atoms with Crippen LogP contribution in [0.25, 0.3) is 0 Å². The summed E-state index contributed by atoms with van der Waals surface area (Å²) < 4.78 is 5.13. The monoisotopic (exact) mass is 354 g/mol. The van der Waals surface area contributed by atoms with Gasteiger partial charge in [0.25, 0.3) is 0 Å². The van der Waals surface area contributed by atoms with Gasteiger partial charge in [-0.25, -0.2) is 0 Å². The van der Waals surface area contributed by atoms with E-state index in [1.807, 2.05) is 31.2 Å². The van der Waals surface area contributed by atoms with Crippen molar-refractivity contribution in [3.05, 3.63) is 77.0 Å². The maximum absolute atomic E-state index is 10.4. The van der Waals surface area contributed by atoms with Gasteiger partial charge in [-0.2, -0.15) is 0 Å². The standard InChI is InChI=1S/C22H26O4/c1-3-16(14-22(25)17-10-12-20(26-2)13-11-17)6-4-9-21(24)18-7-5-8-19(23)15-18/h4-5,7-8,10-13,15,21-25H,3,9,14H2,1-2H3/t6?,21-,22-/m1/s1. The Morgan fingerprint density at radius 2 is 1.81 bits per heavy atom. The van der Waals surface area contributed by atoms with E-state index in [1.165, 1.54) is 0 Å². The van der Waals surface area contributed by atoms with Gasteiger partial charge in [0, 0.05) is 12.8 Å². The van der Waals surface area contributed by atoms with E-state index in [1.54, 1.807) is 37.5 Å². The Hall–Kier alpha value is -2.52. The van der Waals surface area contributed by atoms with Gasteiger partial charge in [0.2, 0.25) is 0 Å². The maximum Gasteiger partial charge on any atom is 0.118 e. The van der Waals surface area contributed by atoms with Crippen molar-refractivity contribution in [1.29, 1.82) is 0 Å². The molecule has 0 aromatic heterocycles. The van der Waals surface area contributed by atoms with Gasteiger partial charge in [-0.15, -0.1) is 5.73 Å². The largest absolute Gasteiger partial charge is 0.508 e. The number of hydrogen-bond donors (Lipinski definition) is 3. The van der Waals surface area contributed by atoms with E-state index in [2.05, 4.69) is 5.73 Å². The minimum atomic E-state index is -0.695. The van der Waals surface area contributed by atoms with Crippen molar-refractivity contribution in [1.82, 2.24) is 0 Å². The van der Waals surface area contributed by atoms with E-state index in [0.717, 1.165) is 23.3 Å². The molecule has 26 heavy (non-hydrogen) atoms. The number of phenolic OH excluding ortho intramolecular Hbond substituents is 1. The molecule has 0 unspecified atom stereocenters. The second-order valence-corrected chi connectivity index (χ2v) is 6.15. The normalized spacial score (nSPS) is 12.8. The third-order valence-electron chi connectivity index (χ3n) is 4.27. The van der Waals surface area contributed by atoms with Gasteiger partial charge in [-0.3, -0.25) is 0 Å². The Morgan fingerprint density at radius 3 is 2.42 bits per heavy atom. The highest BCUT2D eigenvalue weighted by Gasteiger charge is 2.10. The predicted octanol–water partition coefficient (Wildman–Crippen LogP) is 4.44. The van der Waals surface area contributed by atoms with Crippen LogP contribution >= 0.6 is 0 Å². The molecular formula is C22H26O4. The number of aromatic hydroxyl groups is 1. The van der Waals surface area contributed by atoms with Crippen molar-refractivity contribution in [3.8, 4) is 11.5 Å². The summed E-state index contributed by atoms with van der Waals surface area (Å²) in [6.45, 7) is 2.02. The first-order chi connectivity index (χ1) is 12.5. The average Bonchev–Trinajstić information content (AvgIpc) is 2.67. The smallest absolute Gasteiger partial charge is 0.118 e. The van der Waals surface area contributed by atoms with Crippen LogP contribution in [-0.2, 0) is 0 Å². The highest BCUT2D eigenvalue weighted by Crippen LogP contribution is 2.25. The molecule has 2 rings (SSSR count). The average molecular weight is 354 g/mol. The number of rotatable bonds is 8. The van der Waals surface area contributed by atoms with E-state index in [9.17, 15) is 15.3 Å². The second kappa shape index (κ2) is 9.83. The zero-order valence-corrected chi connectivity index (χ0v) is 15.2. The minimum Gasteiger partial charge on any atom is -0.508 e. The Balaban J connectivity index is 2.00. The van der Waals surface area contributed by atoms with Crippen LogP contribution in [0.2, 0.25) is 0 Å². The summed E-state index contributed by atoms with van der Waals surface area (Å²) >= 11 is 0. The van der Waals surface area contributed by atoms with Crippen molar-refractivity contribution < 1.29 is 20.1 Å². The molecule has 0 radical (unpaired) electrons. The lowest BCUT2D eigenvalue weighted by atomic mass is 10.00. The highest BCUT2D eigenvalue weighted by molar-refractivity contribution is 5.30. The Bertz CT molecular complexity index is 758. The van der Waals surface area contributed by atoms with E-state index < -0.39 is 12.2 Å². The molecule has 4 heteroatoms. The van der Waals surface area contributed by atoms with Gasteiger partial charge in [0.1, 0.15) is 11.5 Å². The lowest BCUT2D eigenvalue weighted by molar-refractivity contribution is 0.177. The summed E-state index contributed by atoms with van der Waals surface area (Å²) in [4.78, 5) is 0. The molecule has 0 spiro atoms. The molecule has 138 valence electrons. The van der Waals surface area contributed by atoms with Crippen LogP contribution in [0.4, 0.5) is 0 Å².